The molecule has 0 saturated carbocycles. The summed E-state index contributed by atoms with van der Waals surface area (Å²) in [5.41, 5.74) is 2.48. The molecule has 3 rings (SSSR count). The van der Waals surface area contributed by atoms with Gasteiger partial charge in [0, 0.05) is 32.0 Å². The fourth-order valence-electron chi connectivity index (χ4n) is 2.78. The van der Waals surface area contributed by atoms with E-state index in [0.717, 1.165) is 25.0 Å². The second kappa shape index (κ2) is 11.2. The number of ether oxygens (including phenoxy) is 1. The molecule has 1 heterocycles. The molecule has 0 spiro atoms. The topological polar surface area (TPSA) is 32.8 Å². The number of carbonyl (C=O) groups excluding carboxylic acids is 1. The van der Waals surface area contributed by atoms with Gasteiger partial charge in [-0.2, -0.15) is 0 Å². The van der Waals surface area contributed by atoms with Crippen LogP contribution in [0.3, 0.4) is 0 Å². The molecule has 0 bridgehead atoms. The number of carbonyl (C=O) groups is 1. The minimum atomic E-state index is -0.310. The third-order valence-corrected chi connectivity index (χ3v) is 4.83. The quantitative estimate of drug-likeness (QED) is 0.445. The van der Waals surface area contributed by atoms with E-state index in [4.69, 9.17) is 4.74 Å². The molecule has 2 aromatic rings. The maximum Gasteiger partial charge on any atom is 0.388 e. The van der Waals surface area contributed by atoms with Crippen molar-refractivity contribution >= 4 is 17.2 Å². The van der Waals surface area contributed by atoms with Crippen molar-refractivity contribution in [3.05, 3.63) is 108 Å². The summed E-state index contributed by atoms with van der Waals surface area (Å²) < 4.78 is 7.17. The average molecular weight is 393 g/mol. The van der Waals surface area contributed by atoms with E-state index in [1.165, 1.54) is 11.1 Å². The second-order valence-corrected chi connectivity index (χ2v) is 7.24. The van der Waals surface area contributed by atoms with Crippen molar-refractivity contribution in [2.75, 3.05) is 13.2 Å². The molecule has 0 fully saturated rings. The highest BCUT2D eigenvalue weighted by atomic mass is 32.2. The van der Waals surface area contributed by atoms with Gasteiger partial charge in [-0.05, 0) is 23.3 Å². The Kier molecular flexibility index (Phi) is 7.97. The zero-order chi connectivity index (χ0) is 19.4. The third-order valence-electron chi connectivity index (χ3n) is 4.10. The van der Waals surface area contributed by atoms with Crippen LogP contribution < -0.4 is 0 Å². The van der Waals surface area contributed by atoms with Crippen molar-refractivity contribution in [2.24, 2.45) is 0 Å². The van der Waals surface area contributed by atoms with Gasteiger partial charge in [-0.1, -0.05) is 72.8 Å². The molecule has 0 unspecified atom stereocenters. The average Bonchev–Trinajstić information content (AvgIpc) is 2.98. The predicted octanol–water partition coefficient (Wildman–Crippen LogP) is 5.37. The molecule has 0 saturated heterocycles. The molecule has 0 aliphatic carbocycles. The summed E-state index contributed by atoms with van der Waals surface area (Å²) in [7, 11) is 0. The van der Waals surface area contributed by atoms with Gasteiger partial charge in [0.15, 0.2) is 0 Å². The zero-order valence-electron chi connectivity index (χ0n) is 15.7. The SMILES string of the molecule is O=C(OCCN(Cc1ccccc1)Cc1ccccc1)SN1C=CC=CC=C1. The lowest BCUT2D eigenvalue weighted by Crippen LogP contribution is -2.27. The van der Waals surface area contributed by atoms with Crippen LogP contribution >= 0.6 is 11.9 Å². The number of rotatable bonds is 8. The maximum absolute atomic E-state index is 12.1. The minimum Gasteiger partial charge on any atom is -0.455 e. The van der Waals surface area contributed by atoms with Crippen molar-refractivity contribution < 1.29 is 9.53 Å². The smallest absolute Gasteiger partial charge is 0.388 e. The Bertz CT molecular complexity index is 762. The van der Waals surface area contributed by atoms with E-state index in [1.54, 1.807) is 4.31 Å². The molecule has 2 aromatic carbocycles. The molecule has 1 aliphatic heterocycles. The Balaban J connectivity index is 1.51. The molecular formula is C23H24N2O2S. The van der Waals surface area contributed by atoms with Gasteiger partial charge in [-0.25, -0.2) is 4.79 Å². The van der Waals surface area contributed by atoms with Gasteiger partial charge in [0.25, 0.3) is 0 Å². The summed E-state index contributed by atoms with van der Waals surface area (Å²) in [5, 5.41) is -0.310. The summed E-state index contributed by atoms with van der Waals surface area (Å²) in [6.45, 7) is 2.64. The van der Waals surface area contributed by atoms with E-state index < -0.39 is 0 Å². The normalized spacial score (nSPS) is 13.0. The standard InChI is InChI=1S/C23H24N2O2S/c26-23(28-25-15-9-1-2-10-16-25)27-18-17-24(19-21-11-5-3-6-12-21)20-22-13-7-4-8-14-22/h1-16H,17-20H2. The maximum atomic E-state index is 12.1. The van der Waals surface area contributed by atoms with Gasteiger partial charge in [0.2, 0.25) is 0 Å². The summed E-state index contributed by atoms with van der Waals surface area (Å²) in [5.74, 6) is 0. The first-order chi connectivity index (χ1) is 13.8. The second-order valence-electron chi connectivity index (χ2n) is 6.30. The van der Waals surface area contributed by atoms with Crippen LogP contribution in [0.25, 0.3) is 0 Å². The first-order valence-electron chi connectivity index (χ1n) is 9.24. The van der Waals surface area contributed by atoms with Crippen LogP contribution in [0.4, 0.5) is 4.79 Å². The Labute approximate surface area is 170 Å². The van der Waals surface area contributed by atoms with Crippen LogP contribution in [-0.2, 0) is 17.8 Å². The van der Waals surface area contributed by atoms with Crippen molar-refractivity contribution in [1.82, 2.24) is 9.21 Å². The van der Waals surface area contributed by atoms with E-state index in [9.17, 15) is 4.79 Å². The Hall–Kier alpha value is -2.76. The Morgan fingerprint density at radius 2 is 1.36 bits per heavy atom. The van der Waals surface area contributed by atoms with Crippen LogP contribution in [0, 0.1) is 0 Å². The molecule has 1 aliphatic rings. The Morgan fingerprint density at radius 3 is 1.89 bits per heavy atom. The number of nitrogens with zero attached hydrogens (tertiary/aromatic N) is 2. The fourth-order valence-corrected chi connectivity index (χ4v) is 3.35. The van der Waals surface area contributed by atoms with Gasteiger partial charge in [0.1, 0.15) is 6.61 Å². The summed E-state index contributed by atoms with van der Waals surface area (Å²) >= 11 is 1.03. The van der Waals surface area contributed by atoms with Crippen molar-refractivity contribution in [2.45, 2.75) is 13.1 Å². The van der Waals surface area contributed by atoms with E-state index >= 15 is 0 Å². The molecule has 144 valence electrons. The number of benzene rings is 2. The summed E-state index contributed by atoms with van der Waals surface area (Å²) in [6.07, 6.45) is 11.2. The van der Waals surface area contributed by atoms with Crippen LogP contribution in [0.5, 0.6) is 0 Å². The molecule has 0 aromatic heterocycles. The molecule has 4 nitrogen and oxygen atoms in total. The molecular weight excluding hydrogens is 368 g/mol. The lowest BCUT2D eigenvalue weighted by atomic mass is 10.1. The van der Waals surface area contributed by atoms with E-state index in [2.05, 4.69) is 29.2 Å². The van der Waals surface area contributed by atoms with Crippen LogP contribution in [0.15, 0.2) is 97.4 Å². The number of allylic oxidation sites excluding steroid dienone is 4. The van der Waals surface area contributed by atoms with E-state index in [0.29, 0.717) is 13.2 Å². The van der Waals surface area contributed by atoms with Crippen molar-refractivity contribution in [1.29, 1.82) is 0 Å². The largest absolute Gasteiger partial charge is 0.455 e. The van der Waals surface area contributed by atoms with Gasteiger partial charge in [-0.15, -0.1) is 0 Å². The predicted molar refractivity (Wildman–Crippen MR) is 115 cm³/mol. The van der Waals surface area contributed by atoms with Crippen LogP contribution in [0.2, 0.25) is 0 Å². The lowest BCUT2D eigenvalue weighted by molar-refractivity contribution is 0.144. The fraction of sp³-hybridized carbons (Fsp3) is 0.174. The minimum absolute atomic E-state index is 0.310. The first kappa shape index (κ1) is 20.0. The highest BCUT2D eigenvalue weighted by Crippen LogP contribution is 2.16. The highest BCUT2D eigenvalue weighted by Gasteiger charge is 2.11. The summed E-state index contributed by atoms with van der Waals surface area (Å²) in [6, 6.07) is 20.7. The Morgan fingerprint density at radius 1 is 0.821 bits per heavy atom. The lowest BCUT2D eigenvalue weighted by Gasteiger charge is -2.22. The molecule has 0 N–H and O–H groups in total. The molecule has 0 amide bonds. The monoisotopic (exact) mass is 392 g/mol. The van der Waals surface area contributed by atoms with E-state index in [-0.39, 0.29) is 5.30 Å². The third kappa shape index (κ3) is 7.10. The molecule has 28 heavy (non-hydrogen) atoms. The van der Waals surface area contributed by atoms with E-state index in [1.807, 2.05) is 73.1 Å². The van der Waals surface area contributed by atoms with Gasteiger partial charge < -0.3 is 4.74 Å². The van der Waals surface area contributed by atoms with Crippen molar-refractivity contribution in [3.8, 4) is 0 Å². The van der Waals surface area contributed by atoms with Crippen molar-refractivity contribution in [3.63, 3.8) is 0 Å². The number of hydrogen-bond acceptors (Lipinski definition) is 5. The highest BCUT2D eigenvalue weighted by molar-refractivity contribution is 8.11. The molecule has 5 heteroatoms. The molecule has 0 atom stereocenters. The van der Waals surface area contributed by atoms with Crippen LogP contribution in [0.1, 0.15) is 11.1 Å². The van der Waals surface area contributed by atoms with Gasteiger partial charge >= 0.3 is 5.30 Å². The van der Waals surface area contributed by atoms with Gasteiger partial charge in [0.05, 0.1) is 11.9 Å². The zero-order valence-corrected chi connectivity index (χ0v) is 16.5. The number of hydrogen-bond donors (Lipinski definition) is 0. The molecule has 0 radical (unpaired) electrons. The van der Waals surface area contributed by atoms with Gasteiger partial charge in [-0.3, -0.25) is 9.21 Å². The first-order valence-corrected chi connectivity index (χ1v) is 10.0. The summed E-state index contributed by atoms with van der Waals surface area (Å²) in [4.78, 5) is 14.4. The van der Waals surface area contributed by atoms with Crippen LogP contribution in [-0.4, -0.2) is 27.7 Å².